The Bertz CT molecular complexity index is 581. The SMILES string of the molecule is C[N+](C)(C)Cc1[nH]nc2c1CCc1ccccc1-2.[I-]. The molecule has 4 heteroatoms. The zero-order valence-corrected chi connectivity index (χ0v) is 13.9. The van der Waals surface area contributed by atoms with Crippen LogP contribution in [0.5, 0.6) is 0 Å². The summed E-state index contributed by atoms with van der Waals surface area (Å²) in [6.07, 6.45) is 2.24. The molecular formula is C15H20IN3. The number of quaternary nitrogens is 1. The molecule has 0 amide bonds. The molecule has 0 fully saturated rings. The van der Waals surface area contributed by atoms with E-state index in [0.717, 1.165) is 23.9 Å². The molecule has 1 aliphatic rings. The number of halogens is 1. The van der Waals surface area contributed by atoms with Crippen molar-refractivity contribution in [1.29, 1.82) is 0 Å². The van der Waals surface area contributed by atoms with Crippen molar-refractivity contribution in [3.8, 4) is 11.3 Å². The first-order valence-electron chi connectivity index (χ1n) is 6.49. The van der Waals surface area contributed by atoms with Gasteiger partial charge in [-0.1, -0.05) is 24.3 Å². The van der Waals surface area contributed by atoms with Crippen molar-refractivity contribution in [3.05, 3.63) is 41.1 Å². The lowest BCUT2D eigenvalue weighted by atomic mass is 9.89. The van der Waals surface area contributed by atoms with Gasteiger partial charge >= 0.3 is 0 Å². The molecule has 0 saturated heterocycles. The number of hydrogen-bond acceptors (Lipinski definition) is 1. The van der Waals surface area contributed by atoms with Crippen molar-refractivity contribution < 1.29 is 28.5 Å². The fourth-order valence-electron chi connectivity index (χ4n) is 2.73. The average Bonchev–Trinajstić information content (AvgIpc) is 2.71. The van der Waals surface area contributed by atoms with E-state index in [0.29, 0.717) is 0 Å². The summed E-state index contributed by atoms with van der Waals surface area (Å²) in [4.78, 5) is 0. The first-order chi connectivity index (χ1) is 8.54. The van der Waals surface area contributed by atoms with Crippen LogP contribution in [0.15, 0.2) is 24.3 Å². The number of benzene rings is 1. The second kappa shape index (κ2) is 5.25. The highest BCUT2D eigenvalue weighted by molar-refractivity contribution is 5.70. The average molecular weight is 369 g/mol. The number of aryl methyl sites for hydroxylation is 1. The molecule has 2 aromatic rings. The van der Waals surface area contributed by atoms with Gasteiger partial charge in [0.2, 0.25) is 0 Å². The highest BCUT2D eigenvalue weighted by atomic mass is 127. The van der Waals surface area contributed by atoms with Crippen molar-refractivity contribution in [2.75, 3.05) is 21.1 Å². The maximum atomic E-state index is 4.55. The number of rotatable bonds is 2. The van der Waals surface area contributed by atoms with Crippen LogP contribution in [0.4, 0.5) is 0 Å². The molecule has 3 nitrogen and oxygen atoms in total. The highest BCUT2D eigenvalue weighted by Crippen LogP contribution is 2.33. The smallest absolute Gasteiger partial charge is 0.121 e. The van der Waals surface area contributed by atoms with E-state index in [1.54, 1.807) is 0 Å². The maximum absolute atomic E-state index is 4.55. The zero-order chi connectivity index (χ0) is 12.8. The van der Waals surface area contributed by atoms with Crippen molar-refractivity contribution in [2.45, 2.75) is 19.4 Å². The third-order valence-electron chi connectivity index (χ3n) is 3.50. The second-order valence-electron chi connectivity index (χ2n) is 6.13. The lowest BCUT2D eigenvalue weighted by molar-refractivity contribution is -0.884. The zero-order valence-electron chi connectivity index (χ0n) is 11.7. The van der Waals surface area contributed by atoms with E-state index in [-0.39, 0.29) is 24.0 Å². The molecular weight excluding hydrogens is 349 g/mol. The molecule has 0 unspecified atom stereocenters. The van der Waals surface area contributed by atoms with Gasteiger partial charge in [0.1, 0.15) is 6.54 Å². The van der Waals surface area contributed by atoms with Crippen molar-refractivity contribution >= 4 is 0 Å². The van der Waals surface area contributed by atoms with E-state index in [2.05, 4.69) is 55.6 Å². The van der Waals surface area contributed by atoms with Gasteiger partial charge < -0.3 is 28.5 Å². The first kappa shape index (κ1) is 14.5. The maximum Gasteiger partial charge on any atom is 0.121 e. The summed E-state index contributed by atoms with van der Waals surface area (Å²) in [5.41, 5.74) is 6.62. The molecule has 3 rings (SSSR count). The summed E-state index contributed by atoms with van der Waals surface area (Å²) in [6, 6.07) is 8.61. The van der Waals surface area contributed by atoms with Crippen LogP contribution in [-0.2, 0) is 19.4 Å². The summed E-state index contributed by atoms with van der Waals surface area (Å²) in [7, 11) is 6.64. The minimum atomic E-state index is 0. The Labute approximate surface area is 131 Å². The van der Waals surface area contributed by atoms with Crippen molar-refractivity contribution in [1.82, 2.24) is 10.2 Å². The molecule has 1 heterocycles. The molecule has 0 saturated carbocycles. The molecule has 1 N–H and O–H groups in total. The summed E-state index contributed by atoms with van der Waals surface area (Å²) >= 11 is 0. The lowest BCUT2D eigenvalue weighted by Crippen LogP contribution is -3.00. The summed E-state index contributed by atoms with van der Waals surface area (Å²) in [6.45, 7) is 1.00. The molecule has 0 spiro atoms. The second-order valence-corrected chi connectivity index (χ2v) is 6.13. The van der Waals surface area contributed by atoms with Crippen LogP contribution in [0.25, 0.3) is 11.3 Å². The number of nitrogens with one attached hydrogen (secondary N) is 1. The van der Waals surface area contributed by atoms with Gasteiger partial charge in [-0.25, -0.2) is 0 Å². The molecule has 0 aliphatic heterocycles. The van der Waals surface area contributed by atoms with Crippen LogP contribution < -0.4 is 24.0 Å². The van der Waals surface area contributed by atoms with Gasteiger partial charge in [-0.3, -0.25) is 5.10 Å². The van der Waals surface area contributed by atoms with Crippen LogP contribution in [0.1, 0.15) is 16.8 Å². The third kappa shape index (κ3) is 2.84. The quantitative estimate of drug-likeness (QED) is 0.555. The summed E-state index contributed by atoms with van der Waals surface area (Å²) in [5, 5.41) is 7.80. The van der Waals surface area contributed by atoms with Gasteiger partial charge in [0.15, 0.2) is 0 Å². The Balaban J connectivity index is 0.00000133. The predicted molar refractivity (Wildman–Crippen MR) is 73.2 cm³/mol. The summed E-state index contributed by atoms with van der Waals surface area (Å²) in [5.74, 6) is 0. The van der Waals surface area contributed by atoms with Crippen LogP contribution in [0, 0.1) is 0 Å². The van der Waals surface area contributed by atoms with Crippen LogP contribution in [0.3, 0.4) is 0 Å². The molecule has 102 valence electrons. The molecule has 1 aliphatic carbocycles. The Morgan fingerprint density at radius 2 is 1.89 bits per heavy atom. The molecule has 0 radical (unpaired) electrons. The van der Waals surface area contributed by atoms with E-state index >= 15 is 0 Å². The minimum absolute atomic E-state index is 0. The number of aromatic amines is 1. The van der Waals surface area contributed by atoms with Crippen LogP contribution in [0.2, 0.25) is 0 Å². The van der Waals surface area contributed by atoms with Gasteiger partial charge in [-0.2, -0.15) is 5.10 Å². The standard InChI is InChI=1S/C15H20N3.HI/c1-18(2,3)10-14-13-9-8-11-6-4-5-7-12(11)15(13)17-16-14;/h4-7H,8-10H2,1-3H3,(H,16,17);1H/q+1;/p-1. The van der Waals surface area contributed by atoms with Crippen molar-refractivity contribution in [3.63, 3.8) is 0 Å². The van der Waals surface area contributed by atoms with E-state index in [9.17, 15) is 0 Å². The molecule has 0 bridgehead atoms. The van der Waals surface area contributed by atoms with Gasteiger partial charge in [-0.15, -0.1) is 0 Å². The number of H-pyrrole nitrogens is 1. The topological polar surface area (TPSA) is 28.7 Å². The Kier molecular flexibility index (Phi) is 4.01. The van der Waals surface area contributed by atoms with E-state index in [4.69, 9.17) is 0 Å². The molecule has 1 aromatic heterocycles. The van der Waals surface area contributed by atoms with E-state index in [1.807, 2.05) is 0 Å². The Hall–Kier alpha value is -0.880. The first-order valence-corrected chi connectivity index (χ1v) is 6.49. The normalized spacial score (nSPS) is 13.4. The fourth-order valence-corrected chi connectivity index (χ4v) is 2.73. The Morgan fingerprint density at radius 3 is 2.63 bits per heavy atom. The number of fused-ring (bicyclic) bond motifs is 3. The molecule has 19 heavy (non-hydrogen) atoms. The van der Waals surface area contributed by atoms with Gasteiger partial charge in [0.25, 0.3) is 0 Å². The number of hydrogen-bond donors (Lipinski definition) is 1. The minimum Gasteiger partial charge on any atom is -1.00 e. The monoisotopic (exact) mass is 369 g/mol. The fraction of sp³-hybridized carbons (Fsp3) is 0.400. The van der Waals surface area contributed by atoms with Gasteiger partial charge in [0, 0.05) is 11.1 Å². The lowest BCUT2D eigenvalue weighted by Gasteiger charge is -2.24. The van der Waals surface area contributed by atoms with Crippen LogP contribution in [-0.4, -0.2) is 35.8 Å². The Morgan fingerprint density at radius 1 is 1.16 bits per heavy atom. The van der Waals surface area contributed by atoms with E-state index < -0.39 is 0 Å². The van der Waals surface area contributed by atoms with Crippen LogP contribution >= 0.6 is 0 Å². The predicted octanol–water partition coefficient (Wildman–Crippen LogP) is -0.614. The number of aromatic nitrogens is 2. The number of nitrogens with zero attached hydrogens (tertiary/aromatic N) is 2. The molecule has 1 aromatic carbocycles. The summed E-state index contributed by atoms with van der Waals surface area (Å²) < 4.78 is 0.927. The van der Waals surface area contributed by atoms with Gasteiger partial charge in [0.05, 0.1) is 32.5 Å². The highest BCUT2D eigenvalue weighted by Gasteiger charge is 2.24. The molecule has 0 atom stereocenters. The van der Waals surface area contributed by atoms with Gasteiger partial charge in [-0.05, 0) is 18.4 Å². The third-order valence-corrected chi connectivity index (χ3v) is 3.50. The van der Waals surface area contributed by atoms with E-state index in [1.165, 1.54) is 28.1 Å². The van der Waals surface area contributed by atoms with Crippen molar-refractivity contribution in [2.24, 2.45) is 0 Å². The largest absolute Gasteiger partial charge is 1.00 e.